The number of aromatic hydroxyl groups is 1. The van der Waals surface area contributed by atoms with Crippen LogP contribution in [0.1, 0.15) is 0 Å². The second kappa shape index (κ2) is 3.97. The molecule has 0 aliphatic rings. The summed E-state index contributed by atoms with van der Waals surface area (Å²) in [5.74, 6) is 0.203. The van der Waals surface area contributed by atoms with Gasteiger partial charge in [-0.2, -0.15) is 0 Å². The second-order valence-corrected chi connectivity index (χ2v) is 3.95. The van der Waals surface area contributed by atoms with Crippen LogP contribution < -0.4 is 11.3 Å². The highest BCUT2D eigenvalue weighted by Crippen LogP contribution is 2.25. The van der Waals surface area contributed by atoms with Gasteiger partial charge in [-0.05, 0) is 40.2 Å². The van der Waals surface area contributed by atoms with E-state index < -0.39 is 0 Å². The number of rotatable bonds is 1. The van der Waals surface area contributed by atoms with Crippen LogP contribution in [0.25, 0.3) is 11.3 Å². The van der Waals surface area contributed by atoms with E-state index in [9.17, 15) is 4.79 Å². The Morgan fingerprint density at radius 2 is 1.94 bits per heavy atom. The molecule has 0 bridgehead atoms. The third kappa shape index (κ3) is 1.92. The van der Waals surface area contributed by atoms with E-state index in [1.54, 1.807) is 12.1 Å². The number of aromatic nitrogens is 2. The van der Waals surface area contributed by atoms with Gasteiger partial charge in [0.05, 0.1) is 5.69 Å². The average molecular weight is 282 g/mol. The largest absolute Gasteiger partial charge is 0.508 e. The first kappa shape index (κ1) is 10.7. The molecule has 0 fully saturated rings. The van der Waals surface area contributed by atoms with Gasteiger partial charge in [-0.1, -0.05) is 0 Å². The van der Waals surface area contributed by atoms with Gasteiger partial charge in [-0.25, -0.2) is 4.98 Å². The highest BCUT2D eigenvalue weighted by Gasteiger charge is 2.09. The third-order valence-electron chi connectivity index (χ3n) is 2.02. The van der Waals surface area contributed by atoms with E-state index in [4.69, 9.17) is 10.8 Å². The third-order valence-corrected chi connectivity index (χ3v) is 2.76. The maximum absolute atomic E-state index is 11.4. The molecule has 0 radical (unpaired) electrons. The van der Waals surface area contributed by atoms with Gasteiger partial charge < -0.3 is 10.8 Å². The molecule has 2 aromatic rings. The topological polar surface area (TPSA) is 92.0 Å². The van der Waals surface area contributed by atoms with Gasteiger partial charge in [0, 0.05) is 5.56 Å². The van der Waals surface area contributed by atoms with Gasteiger partial charge in [-0.15, -0.1) is 0 Å². The van der Waals surface area contributed by atoms with Gasteiger partial charge in [-0.3, -0.25) is 9.78 Å². The van der Waals surface area contributed by atoms with Crippen LogP contribution in [0.4, 0.5) is 5.95 Å². The number of halogens is 1. The quantitative estimate of drug-likeness (QED) is 0.738. The Morgan fingerprint density at radius 1 is 1.31 bits per heavy atom. The second-order valence-electron chi connectivity index (χ2n) is 3.16. The molecule has 0 saturated carbocycles. The number of benzene rings is 1. The summed E-state index contributed by atoms with van der Waals surface area (Å²) in [6.07, 6.45) is 0. The molecular formula is C10H8BrN3O2. The molecule has 5 nitrogen and oxygen atoms in total. The number of nitrogens with two attached hydrogens (primary N) is 1. The molecule has 1 aromatic carbocycles. The van der Waals surface area contributed by atoms with Crippen molar-refractivity contribution in [1.29, 1.82) is 0 Å². The van der Waals surface area contributed by atoms with Crippen LogP contribution in [0.2, 0.25) is 0 Å². The number of hydrogen-bond acceptors (Lipinski definition) is 4. The molecule has 1 aromatic heterocycles. The molecule has 0 amide bonds. The number of nitrogens with zero attached hydrogens (tertiary/aromatic N) is 1. The molecule has 4 N–H and O–H groups in total. The van der Waals surface area contributed by atoms with E-state index in [1.807, 2.05) is 0 Å². The summed E-state index contributed by atoms with van der Waals surface area (Å²) in [5, 5.41) is 9.16. The summed E-state index contributed by atoms with van der Waals surface area (Å²) in [6, 6.07) is 6.34. The zero-order valence-electron chi connectivity index (χ0n) is 8.07. The fraction of sp³-hybridized carbons (Fsp3) is 0. The van der Waals surface area contributed by atoms with Gasteiger partial charge in [0.1, 0.15) is 10.2 Å². The van der Waals surface area contributed by atoms with E-state index in [1.165, 1.54) is 12.1 Å². The number of hydrogen-bond donors (Lipinski definition) is 3. The van der Waals surface area contributed by atoms with Crippen LogP contribution in [0.5, 0.6) is 5.75 Å². The van der Waals surface area contributed by atoms with Crippen molar-refractivity contribution in [1.82, 2.24) is 9.97 Å². The Kier molecular flexibility index (Phi) is 2.66. The Bertz CT molecular complexity index is 578. The lowest BCUT2D eigenvalue weighted by Crippen LogP contribution is -2.13. The molecule has 1 heterocycles. The predicted octanol–water partition coefficient (Wildman–Crippen LogP) is 1.49. The van der Waals surface area contributed by atoms with E-state index in [-0.39, 0.29) is 17.3 Å². The van der Waals surface area contributed by atoms with Crippen molar-refractivity contribution in [2.45, 2.75) is 0 Å². The Hall–Kier alpha value is -1.82. The van der Waals surface area contributed by atoms with Gasteiger partial charge >= 0.3 is 0 Å². The molecule has 16 heavy (non-hydrogen) atoms. The molecular weight excluding hydrogens is 274 g/mol. The smallest absolute Gasteiger partial charge is 0.267 e. The summed E-state index contributed by atoms with van der Waals surface area (Å²) in [6.45, 7) is 0. The zero-order valence-corrected chi connectivity index (χ0v) is 9.65. The molecule has 0 aliphatic heterocycles. The Labute approximate surface area is 99.1 Å². The number of aromatic amines is 1. The van der Waals surface area contributed by atoms with Crippen molar-refractivity contribution >= 4 is 21.9 Å². The van der Waals surface area contributed by atoms with E-state index >= 15 is 0 Å². The van der Waals surface area contributed by atoms with Crippen LogP contribution in [0.3, 0.4) is 0 Å². The number of H-pyrrole nitrogens is 1. The summed E-state index contributed by atoms with van der Waals surface area (Å²) in [7, 11) is 0. The number of phenols is 1. The van der Waals surface area contributed by atoms with Gasteiger partial charge in [0.25, 0.3) is 5.56 Å². The van der Waals surface area contributed by atoms with E-state index in [0.29, 0.717) is 15.7 Å². The van der Waals surface area contributed by atoms with Crippen LogP contribution in [-0.4, -0.2) is 15.1 Å². The minimum atomic E-state index is -0.337. The molecule has 6 heteroatoms. The molecule has 0 aliphatic carbocycles. The standard InChI is InChI=1S/C10H8BrN3O2/c11-7-8(13-10(12)14-9(7)16)5-1-3-6(15)4-2-5/h1-4,15H,(H3,12,13,14,16). The summed E-state index contributed by atoms with van der Waals surface area (Å²) in [4.78, 5) is 17.8. The highest BCUT2D eigenvalue weighted by molar-refractivity contribution is 9.10. The average Bonchev–Trinajstić information content (AvgIpc) is 2.25. The van der Waals surface area contributed by atoms with Crippen molar-refractivity contribution in [3.05, 3.63) is 39.1 Å². The van der Waals surface area contributed by atoms with E-state index in [0.717, 1.165) is 0 Å². The number of nitrogen functional groups attached to an aromatic ring is 1. The minimum Gasteiger partial charge on any atom is -0.508 e. The van der Waals surface area contributed by atoms with E-state index in [2.05, 4.69) is 25.9 Å². The minimum absolute atomic E-state index is 0.0521. The number of phenolic OH excluding ortho intramolecular Hbond substituents is 1. The summed E-state index contributed by atoms with van der Waals surface area (Å²) >= 11 is 3.15. The summed E-state index contributed by atoms with van der Waals surface area (Å²) < 4.78 is 0.312. The fourth-order valence-corrected chi connectivity index (χ4v) is 1.70. The highest BCUT2D eigenvalue weighted by atomic mass is 79.9. The Morgan fingerprint density at radius 3 is 2.56 bits per heavy atom. The SMILES string of the molecule is Nc1nc(-c2ccc(O)cc2)c(Br)c(=O)[nH]1. The molecule has 0 spiro atoms. The molecule has 2 rings (SSSR count). The zero-order chi connectivity index (χ0) is 11.7. The normalized spacial score (nSPS) is 10.3. The van der Waals surface area contributed by atoms with Gasteiger partial charge in [0.15, 0.2) is 0 Å². The van der Waals surface area contributed by atoms with Crippen molar-refractivity contribution in [2.75, 3.05) is 5.73 Å². The maximum atomic E-state index is 11.4. The lowest BCUT2D eigenvalue weighted by Gasteiger charge is -2.04. The van der Waals surface area contributed by atoms with Crippen LogP contribution in [-0.2, 0) is 0 Å². The fourth-order valence-electron chi connectivity index (χ4n) is 1.29. The molecule has 82 valence electrons. The van der Waals surface area contributed by atoms with Crippen LogP contribution >= 0.6 is 15.9 Å². The van der Waals surface area contributed by atoms with Crippen LogP contribution in [0, 0.1) is 0 Å². The molecule has 0 unspecified atom stereocenters. The first-order valence-electron chi connectivity index (χ1n) is 4.42. The lowest BCUT2D eigenvalue weighted by molar-refractivity contribution is 0.475. The molecule has 0 saturated heterocycles. The Balaban J connectivity index is 2.64. The number of nitrogens with one attached hydrogen (secondary N) is 1. The van der Waals surface area contributed by atoms with Crippen molar-refractivity contribution < 1.29 is 5.11 Å². The summed E-state index contributed by atoms with van der Waals surface area (Å²) in [5.41, 5.74) is 6.26. The lowest BCUT2D eigenvalue weighted by atomic mass is 10.1. The first-order chi connectivity index (χ1) is 7.58. The number of anilines is 1. The van der Waals surface area contributed by atoms with Crippen molar-refractivity contribution in [3.8, 4) is 17.0 Å². The predicted molar refractivity (Wildman–Crippen MR) is 64.1 cm³/mol. The molecule has 0 atom stereocenters. The maximum Gasteiger partial charge on any atom is 0.267 e. The monoisotopic (exact) mass is 281 g/mol. The first-order valence-corrected chi connectivity index (χ1v) is 5.22. The van der Waals surface area contributed by atoms with Crippen molar-refractivity contribution in [2.24, 2.45) is 0 Å². The van der Waals surface area contributed by atoms with Crippen molar-refractivity contribution in [3.63, 3.8) is 0 Å². The van der Waals surface area contributed by atoms with Crippen LogP contribution in [0.15, 0.2) is 33.5 Å². The van der Waals surface area contributed by atoms with Gasteiger partial charge in [0.2, 0.25) is 5.95 Å².